The molecule has 1 saturated heterocycles. The van der Waals surface area contributed by atoms with E-state index in [-0.39, 0.29) is 18.9 Å². The number of hydrogen-bond acceptors (Lipinski definition) is 3. The summed E-state index contributed by atoms with van der Waals surface area (Å²) in [7, 11) is 0. The van der Waals surface area contributed by atoms with Crippen molar-refractivity contribution in [2.45, 2.75) is 6.42 Å². The van der Waals surface area contributed by atoms with E-state index in [9.17, 15) is 9.59 Å². The predicted molar refractivity (Wildman–Crippen MR) is 52.3 cm³/mol. The van der Waals surface area contributed by atoms with Crippen LogP contribution in [0.5, 0.6) is 0 Å². The van der Waals surface area contributed by atoms with Crippen molar-refractivity contribution in [3.8, 4) is 0 Å². The third-order valence-corrected chi connectivity index (χ3v) is 2.43. The Morgan fingerprint density at radius 3 is 2.93 bits per heavy atom. The molecule has 0 saturated carbocycles. The maximum atomic E-state index is 11.5. The molecule has 0 aliphatic carbocycles. The smallest absolute Gasteiger partial charge is 0.308 e. The largest absolute Gasteiger partial charge is 0.481 e. The average Bonchev–Trinajstić information content (AvgIpc) is 2.62. The van der Waals surface area contributed by atoms with Crippen molar-refractivity contribution >= 4 is 17.6 Å². The summed E-state index contributed by atoms with van der Waals surface area (Å²) < 4.78 is 0. The molecule has 1 fully saturated rings. The lowest BCUT2D eigenvalue weighted by Crippen LogP contribution is -2.25. The van der Waals surface area contributed by atoms with Crippen molar-refractivity contribution in [3.63, 3.8) is 0 Å². The number of aliphatic carboxylic acids is 1. The van der Waals surface area contributed by atoms with Crippen LogP contribution in [-0.2, 0) is 9.59 Å². The van der Waals surface area contributed by atoms with Crippen molar-refractivity contribution in [1.29, 1.82) is 0 Å². The van der Waals surface area contributed by atoms with E-state index in [4.69, 9.17) is 5.11 Å². The van der Waals surface area contributed by atoms with Gasteiger partial charge in [0.2, 0.25) is 5.91 Å². The molecular weight excluding hydrogens is 196 g/mol. The first-order chi connectivity index (χ1) is 7.18. The zero-order chi connectivity index (χ0) is 10.8. The molecule has 1 unspecified atom stereocenters. The van der Waals surface area contributed by atoms with Gasteiger partial charge in [-0.2, -0.15) is 0 Å². The van der Waals surface area contributed by atoms with Gasteiger partial charge in [-0.15, -0.1) is 0 Å². The van der Waals surface area contributed by atoms with Crippen LogP contribution >= 0.6 is 0 Å². The van der Waals surface area contributed by atoms with Crippen molar-refractivity contribution < 1.29 is 14.7 Å². The number of hydrogen-bond donors (Lipinski definition) is 1. The molecule has 1 aliphatic rings. The second kappa shape index (κ2) is 3.68. The molecule has 5 heteroatoms. The Balaban J connectivity index is 2.19. The van der Waals surface area contributed by atoms with Crippen LogP contribution in [0.15, 0.2) is 24.5 Å². The van der Waals surface area contributed by atoms with E-state index in [0.717, 1.165) is 0 Å². The van der Waals surface area contributed by atoms with Gasteiger partial charge in [0.25, 0.3) is 0 Å². The zero-order valence-electron chi connectivity index (χ0n) is 7.96. The van der Waals surface area contributed by atoms with Gasteiger partial charge in [0.15, 0.2) is 0 Å². The Labute approximate surface area is 86.3 Å². The van der Waals surface area contributed by atoms with Gasteiger partial charge in [-0.3, -0.25) is 14.6 Å². The van der Waals surface area contributed by atoms with Crippen LogP contribution in [0.25, 0.3) is 0 Å². The number of amides is 1. The Morgan fingerprint density at radius 2 is 2.40 bits per heavy atom. The van der Waals surface area contributed by atoms with Crippen LogP contribution in [0.2, 0.25) is 0 Å². The summed E-state index contributed by atoms with van der Waals surface area (Å²) in [6.07, 6.45) is 3.24. The van der Waals surface area contributed by atoms with E-state index in [1.54, 1.807) is 24.5 Å². The SMILES string of the molecule is O=C(O)C1CC(=O)N(c2cccnc2)C1. The number of carboxylic acid groups (broad SMARTS) is 1. The van der Waals surface area contributed by atoms with Gasteiger partial charge >= 0.3 is 5.97 Å². The first-order valence-corrected chi connectivity index (χ1v) is 4.61. The molecule has 15 heavy (non-hydrogen) atoms. The molecule has 5 nitrogen and oxygen atoms in total. The zero-order valence-corrected chi connectivity index (χ0v) is 7.96. The number of nitrogens with zero attached hydrogens (tertiary/aromatic N) is 2. The summed E-state index contributed by atoms with van der Waals surface area (Å²) in [6, 6.07) is 3.46. The Morgan fingerprint density at radius 1 is 1.60 bits per heavy atom. The third kappa shape index (κ3) is 1.81. The lowest BCUT2D eigenvalue weighted by Gasteiger charge is -2.14. The molecule has 2 heterocycles. The fraction of sp³-hybridized carbons (Fsp3) is 0.300. The number of pyridine rings is 1. The minimum Gasteiger partial charge on any atom is -0.481 e. The van der Waals surface area contributed by atoms with Crippen LogP contribution in [0.3, 0.4) is 0 Å². The highest BCUT2D eigenvalue weighted by Gasteiger charge is 2.34. The van der Waals surface area contributed by atoms with Gasteiger partial charge in [-0.25, -0.2) is 0 Å². The summed E-state index contributed by atoms with van der Waals surface area (Å²) >= 11 is 0. The van der Waals surface area contributed by atoms with Gasteiger partial charge < -0.3 is 10.0 Å². The molecule has 1 N–H and O–H groups in total. The summed E-state index contributed by atoms with van der Waals surface area (Å²) in [6.45, 7) is 0.236. The summed E-state index contributed by atoms with van der Waals surface area (Å²) in [5.41, 5.74) is 0.659. The lowest BCUT2D eigenvalue weighted by molar-refractivity contribution is -0.141. The van der Waals surface area contributed by atoms with Crippen LogP contribution in [-0.4, -0.2) is 28.5 Å². The van der Waals surface area contributed by atoms with Gasteiger partial charge in [0.1, 0.15) is 0 Å². The van der Waals surface area contributed by atoms with E-state index in [0.29, 0.717) is 5.69 Å². The predicted octanol–water partition coefficient (Wildman–Crippen LogP) is 0.519. The monoisotopic (exact) mass is 206 g/mol. The molecule has 1 amide bonds. The number of rotatable bonds is 2. The van der Waals surface area contributed by atoms with Crippen molar-refractivity contribution in [1.82, 2.24) is 4.98 Å². The number of carbonyl (C=O) groups is 2. The molecule has 0 bridgehead atoms. The highest BCUT2D eigenvalue weighted by atomic mass is 16.4. The highest BCUT2D eigenvalue weighted by molar-refractivity contribution is 5.99. The van der Waals surface area contributed by atoms with E-state index in [1.807, 2.05) is 0 Å². The number of carbonyl (C=O) groups excluding carboxylic acids is 1. The average molecular weight is 206 g/mol. The number of anilines is 1. The molecule has 2 rings (SSSR count). The summed E-state index contributed by atoms with van der Waals surface area (Å²) in [4.78, 5) is 27.6. The fourth-order valence-corrected chi connectivity index (χ4v) is 1.64. The molecule has 0 radical (unpaired) electrons. The summed E-state index contributed by atoms with van der Waals surface area (Å²) in [5, 5.41) is 8.80. The van der Waals surface area contributed by atoms with Gasteiger partial charge in [0, 0.05) is 19.2 Å². The second-order valence-corrected chi connectivity index (χ2v) is 3.45. The van der Waals surface area contributed by atoms with Crippen LogP contribution in [0, 0.1) is 5.92 Å². The lowest BCUT2D eigenvalue weighted by atomic mass is 10.1. The van der Waals surface area contributed by atoms with Crippen LogP contribution in [0.4, 0.5) is 5.69 Å². The normalized spacial score (nSPS) is 20.7. The maximum absolute atomic E-state index is 11.5. The Kier molecular flexibility index (Phi) is 2.37. The van der Waals surface area contributed by atoms with Crippen LogP contribution < -0.4 is 4.90 Å². The van der Waals surface area contributed by atoms with E-state index < -0.39 is 11.9 Å². The summed E-state index contributed by atoms with van der Waals surface area (Å²) in [5.74, 6) is -1.68. The van der Waals surface area contributed by atoms with E-state index in [2.05, 4.69) is 4.98 Å². The number of carboxylic acids is 1. The molecule has 1 aromatic rings. The first-order valence-electron chi connectivity index (χ1n) is 4.61. The fourth-order valence-electron chi connectivity index (χ4n) is 1.64. The minimum atomic E-state index is -0.922. The third-order valence-electron chi connectivity index (χ3n) is 2.43. The van der Waals surface area contributed by atoms with Gasteiger partial charge in [-0.1, -0.05) is 0 Å². The second-order valence-electron chi connectivity index (χ2n) is 3.45. The standard InChI is InChI=1S/C10H10N2O3/c13-9-4-7(10(14)15)6-12(9)8-2-1-3-11-5-8/h1-3,5,7H,4,6H2,(H,14,15). The molecule has 0 aromatic carbocycles. The Hall–Kier alpha value is -1.91. The molecule has 0 spiro atoms. The minimum absolute atomic E-state index is 0.0736. The Bertz CT molecular complexity index is 391. The van der Waals surface area contributed by atoms with Crippen LogP contribution in [0.1, 0.15) is 6.42 Å². The molecular formula is C10H10N2O3. The molecule has 1 aliphatic heterocycles. The quantitative estimate of drug-likeness (QED) is 0.765. The molecule has 1 aromatic heterocycles. The van der Waals surface area contributed by atoms with Crippen molar-refractivity contribution in [2.24, 2.45) is 5.92 Å². The molecule has 1 atom stereocenters. The van der Waals surface area contributed by atoms with Gasteiger partial charge in [-0.05, 0) is 12.1 Å². The topological polar surface area (TPSA) is 70.5 Å². The van der Waals surface area contributed by atoms with E-state index in [1.165, 1.54) is 4.90 Å². The maximum Gasteiger partial charge on any atom is 0.308 e. The van der Waals surface area contributed by atoms with Gasteiger partial charge in [0.05, 0.1) is 17.8 Å². The first kappa shape index (κ1) is 9.64. The highest BCUT2D eigenvalue weighted by Crippen LogP contribution is 2.23. The molecule has 78 valence electrons. The van der Waals surface area contributed by atoms with Crippen molar-refractivity contribution in [2.75, 3.05) is 11.4 Å². The van der Waals surface area contributed by atoms with Crippen molar-refractivity contribution in [3.05, 3.63) is 24.5 Å². The number of aromatic nitrogens is 1. The van der Waals surface area contributed by atoms with E-state index >= 15 is 0 Å².